The number of fused-ring (bicyclic) bond motifs is 1. The Kier molecular flexibility index (Phi) is 7.70. The number of ether oxygens (including phenoxy) is 1. The van der Waals surface area contributed by atoms with Crippen LogP contribution >= 0.6 is 11.6 Å². The van der Waals surface area contributed by atoms with Crippen molar-refractivity contribution in [2.24, 2.45) is 29.6 Å². The summed E-state index contributed by atoms with van der Waals surface area (Å²) in [6.45, 7) is 5.50. The van der Waals surface area contributed by atoms with Crippen LogP contribution in [-0.4, -0.2) is 67.3 Å². The lowest BCUT2D eigenvalue weighted by molar-refractivity contribution is -0.148. The quantitative estimate of drug-likeness (QED) is 0.435. The van der Waals surface area contributed by atoms with Crippen LogP contribution in [0.3, 0.4) is 0 Å². The fraction of sp³-hybridized carbons (Fsp3) is 0.917. The molecule has 182 valence electrons. The summed E-state index contributed by atoms with van der Waals surface area (Å²) in [5.74, 6) is 1.68. The molecular weight excluding hydrogens is 428 g/mol. The van der Waals surface area contributed by atoms with E-state index in [1.165, 1.54) is 0 Å². The molecule has 1 aliphatic carbocycles. The third-order valence-corrected chi connectivity index (χ3v) is 9.02. The van der Waals surface area contributed by atoms with Gasteiger partial charge >= 0.3 is 0 Å². The maximum absolute atomic E-state index is 13.4. The first kappa shape index (κ1) is 24.2. The van der Waals surface area contributed by atoms with E-state index in [0.717, 1.165) is 38.6 Å². The van der Waals surface area contributed by atoms with Crippen LogP contribution in [0.4, 0.5) is 0 Å². The van der Waals surface area contributed by atoms with E-state index in [4.69, 9.17) is 16.3 Å². The van der Waals surface area contributed by atoms with Crippen molar-refractivity contribution in [3.05, 3.63) is 0 Å². The van der Waals surface area contributed by atoms with E-state index >= 15 is 0 Å². The molecule has 0 aromatic carbocycles. The number of carbonyl (C=O) groups is 2. The van der Waals surface area contributed by atoms with E-state index in [-0.39, 0.29) is 35.5 Å². The lowest BCUT2D eigenvalue weighted by atomic mass is 9.65. The summed E-state index contributed by atoms with van der Waals surface area (Å²) in [5.41, 5.74) is -0.251. The van der Waals surface area contributed by atoms with E-state index in [1.54, 1.807) is 7.11 Å². The molecule has 3 saturated heterocycles. The van der Waals surface area contributed by atoms with Gasteiger partial charge in [0.15, 0.2) is 0 Å². The number of rotatable bonds is 4. The maximum atomic E-state index is 13.4. The van der Waals surface area contributed by atoms with Crippen LogP contribution in [0.2, 0.25) is 0 Å². The summed E-state index contributed by atoms with van der Waals surface area (Å²) in [6.07, 6.45) is 6.00. The van der Waals surface area contributed by atoms with Crippen LogP contribution in [0.15, 0.2) is 0 Å². The summed E-state index contributed by atoms with van der Waals surface area (Å²) >= 11 is 6.29. The van der Waals surface area contributed by atoms with E-state index in [2.05, 4.69) is 29.8 Å². The van der Waals surface area contributed by atoms with Crippen molar-refractivity contribution >= 4 is 23.4 Å². The molecule has 1 saturated carbocycles. The van der Waals surface area contributed by atoms with Crippen molar-refractivity contribution < 1.29 is 14.3 Å². The zero-order chi connectivity index (χ0) is 23.0. The number of hydrogen-bond donors (Lipinski definition) is 3. The van der Waals surface area contributed by atoms with Crippen molar-refractivity contribution in [3.63, 3.8) is 0 Å². The van der Waals surface area contributed by atoms with Gasteiger partial charge in [-0.2, -0.15) is 0 Å². The van der Waals surface area contributed by atoms with E-state index in [1.807, 2.05) is 11.9 Å². The minimum atomic E-state index is -0.251. The summed E-state index contributed by atoms with van der Waals surface area (Å²) in [6, 6.07) is 0.965. The number of halogens is 1. The van der Waals surface area contributed by atoms with E-state index < -0.39 is 0 Å². The highest BCUT2D eigenvalue weighted by Crippen LogP contribution is 2.43. The predicted molar refractivity (Wildman–Crippen MR) is 125 cm³/mol. The largest absolute Gasteiger partial charge is 0.367 e. The molecule has 0 spiro atoms. The number of alkyl halides is 1. The van der Waals surface area contributed by atoms with Gasteiger partial charge in [0.25, 0.3) is 0 Å². The van der Waals surface area contributed by atoms with Gasteiger partial charge in [0, 0.05) is 50.7 Å². The first-order valence-electron chi connectivity index (χ1n) is 12.5. The third kappa shape index (κ3) is 5.11. The molecule has 3 heterocycles. The van der Waals surface area contributed by atoms with Gasteiger partial charge < -0.3 is 20.3 Å². The van der Waals surface area contributed by atoms with Crippen molar-refractivity contribution in [2.75, 3.05) is 20.7 Å². The Morgan fingerprint density at radius 3 is 2.69 bits per heavy atom. The normalized spacial score (nSPS) is 45.3. The van der Waals surface area contributed by atoms with Crippen LogP contribution in [0.25, 0.3) is 0 Å². The number of carbonyl (C=O) groups excluding carboxylic acids is 2. The summed E-state index contributed by atoms with van der Waals surface area (Å²) in [7, 11) is 3.64. The molecule has 0 aromatic heterocycles. The van der Waals surface area contributed by atoms with Crippen LogP contribution in [-0.2, 0) is 14.3 Å². The fourth-order valence-electron chi connectivity index (χ4n) is 6.74. The molecule has 7 nitrogen and oxygen atoms in total. The molecule has 4 aliphatic rings. The number of methoxy groups -OCH3 is 1. The average molecular weight is 469 g/mol. The van der Waals surface area contributed by atoms with Crippen LogP contribution in [0.5, 0.6) is 0 Å². The number of hydrogen-bond acceptors (Lipinski definition) is 5. The lowest BCUT2D eigenvalue weighted by Crippen LogP contribution is -2.60. The Bertz CT molecular complexity index is 694. The molecule has 0 bridgehead atoms. The molecule has 0 radical (unpaired) electrons. The first-order valence-corrected chi connectivity index (χ1v) is 12.9. The molecule has 4 rings (SSSR count). The lowest BCUT2D eigenvalue weighted by Gasteiger charge is -2.50. The minimum Gasteiger partial charge on any atom is -0.367 e. The molecule has 2 amide bonds. The molecule has 4 fully saturated rings. The Balaban J connectivity index is 1.39. The standard InChI is InChI=1S/C24H41ClN4O3/c1-13-5-6-17(27-23(30)15-9-21(25)28-22(10-15)32-4)11-18(13)19-8-16-12-26-14(2)7-20(16)29(3)24(19)31/h13-22,26,28H,5-12H2,1-4H3,(H,27,30). The van der Waals surface area contributed by atoms with Crippen molar-refractivity contribution in [3.8, 4) is 0 Å². The molecule has 8 heteroatoms. The Morgan fingerprint density at radius 1 is 1.16 bits per heavy atom. The van der Waals surface area contributed by atoms with Crippen LogP contribution in [0, 0.1) is 29.6 Å². The van der Waals surface area contributed by atoms with Gasteiger partial charge in [0.1, 0.15) is 6.23 Å². The fourth-order valence-corrected chi connectivity index (χ4v) is 7.10. The number of piperidine rings is 3. The van der Waals surface area contributed by atoms with Gasteiger partial charge in [-0.25, -0.2) is 0 Å². The molecular formula is C24H41ClN4O3. The molecule has 3 N–H and O–H groups in total. The highest BCUT2D eigenvalue weighted by Gasteiger charge is 2.47. The number of nitrogens with zero attached hydrogens (tertiary/aromatic N) is 1. The highest BCUT2D eigenvalue weighted by molar-refractivity contribution is 6.20. The first-order chi connectivity index (χ1) is 15.3. The zero-order valence-electron chi connectivity index (χ0n) is 20.0. The highest BCUT2D eigenvalue weighted by atomic mass is 35.5. The topological polar surface area (TPSA) is 82.7 Å². The van der Waals surface area contributed by atoms with Gasteiger partial charge in [0.2, 0.25) is 11.8 Å². The third-order valence-electron chi connectivity index (χ3n) is 8.72. The van der Waals surface area contributed by atoms with Crippen molar-refractivity contribution in [1.82, 2.24) is 20.9 Å². The van der Waals surface area contributed by atoms with E-state index in [9.17, 15) is 9.59 Å². The maximum Gasteiger partial charge on any atom is 0.225 e. The minimum absolute atomic E-state index is 0.0649. The zero-order valence-corrected chi connectivity index (χ0v) is 20.7. The van der Waals surface area contributed by atoms with Gasteiger partial charge in [-0.15, -0.1) is 11.6 Å². The Morgan fingerprint density at radius 2 is 1.94 bits per heavy atom. The van der Waals surface area contributed by atoms with E-state index in [0.29, 0.717) is 48.6 Å². The average Bonchev–Trinajstić information content (AvgIpc) is 2.77. The van der Waals surface area contributed by atoms with Crippen LogP contribution < -0.4 is 16.0 Å². The SMILES string of the molecule is COC1CC(C(=O)NC2CCC(C)C(C3CC4CNC(C)CC4N(C)C3=O)C2)CC(Cl)N1. The second kappa shape index (κ2) is 10.2. The second-order valence-corrected chi connectivity index (χ2v) is 11.4. The molecule has 3 aliphatic heterocycles. The molecule has 10 atom stereocenters. The molecule has 32 heavy (non-hydrogen) atoms. The number of likely N-dealkylation sites (tertiary alicyclic amines) is 1. The summed E-state index contributed by atoms with van der Waals surface area (Å²) in [4.78, 5) is 28.5. The van der Waals surface area contributed by atoms with Gasteiger partial charge in [-0.05, 0) is 69.6 Å². The molecule has 0 aromatic rings. The Labute approximate surface area is 197 Å². The number of nitrogens with one attached hydrogen (secondary N) is 3. The summed E-state index contributed by atoms with van der Waals surface area (Å²) in [5, 5.41) is 10.1. The van der Waals surface area contributed by atoms with Crippen LogP contribution in [0.1, 0.15) is 58.8 Å². The number of amides is 2. The van der Waals surface area contributed by atoms with Gasteiger partial charge in [-0.3, -0.25) is 14.9 Å². The van der Waals surface area contributed by atoms with Crippen molar-refractivity contribution in [1.29, 1.82) is 0 Å². The summed E-state index contributed by atoms with van der Waals surface area (Å²) < 4.78 is 5.39. The Hall–Kier alpha value is -0.890. The smallest absolute Gasteiger partial charge is 0.225 e. The molecule has 10 unspecified atom stereocenters. The van der Waals surface area contributed by atoms with Gasteiger partial charge in [-0.1, -0.05) is 6.92 Å². The second-order valence-electron chi connectivity index (χ2n) is 10.9. The predicted octanol–water partition coefficient (Wildman–Crippen LogP) is 2.29. The monoisotopic (exact) mass is 468 g/mol. The van der Waals surface area contributed by atoms with Gasteiger partial charge in [0.05, 0.1) is 5.50 Å². The van der Waals surface area contributed by atoms with Crippen molar-refractivity contribution in [2.45, 2.75) is 88.6 Å².